The number of esters is 1. The predicted octanol–water partition coefficient (Wildman–Crippen LogP) is 2.32. The summed E-state index contributed by atoms with van der Waals surface area (Å²) in [6.45, 7) is 1.84. The van der Waals surface area contributed by atoms with Gasteiger partial charge in [0, 0.05) is 17.9 Å². The van der Waals surface area contributed by atoms with Crippen LogP contribution in [-0.4, -0.2) is 40.6 Å². The first-order valence-electron chi connectivity index (χ1n) is 7.32. The summed E-state index contributed by atoms with van der Waals surface area (Å²) in [5.74, 6) is -0.454. The first kappa shape index (κ1) is 16.8. The SMILES string of the molecule is CCOC(=O)[C@@](O)(/C=C/c1ccccc1)[C@@H]1CSCCC1=O. The van der Waals surface area contributed by atoms with E-state index in [1.165, 1.54) is 6.08 Å². The van der Waals surface area contributed by atoms with Crippen LogP contribution in [0, 0.1) is 5.92 Å². The third-order valence-electron chi connectivity index (χ3n) is 3.63. The van der Waals surface area contributed by atoms with E-state index in [1.54, 1.807) is 24.8 Å². The second-order valence-corrected chi connectivity index (χ2v) is 6.28. The van der Waals surface area contributed by atoms with Crippen LogP contribution in [0.4, 0.5) is 0 Å². The number of thioether (sulfide) groups is 1. The Morgan fingerprint density at radius 3 is 2.82 bits per heavy atom. The summed E-state index contributed by atoms with van der Waals surface area (Å²) < 4.78 is 5.00. The molecular weight excluding hydrogens is 300 g/mol. The average molecular weight is 320 g/mol. The van der Waals surface area contributed by atoms with Gasteiger partial charge in [0.15, 0.2) is 5.60 Å². The standard InChI is InChI=1S/C17H20O4S/c1-2-21-16(19)17(20,14-12-22-11-9-15(14)18)10-8-13-6-4-3-5-7-13/h3-8,10,14,20H,2,9,11-12H2,1H3/b10-8+/t14-,17-/m1/s1. The lowest BCUT2D eigenvalue weighted by Crippen LogP contribution is -2.51. The van der Waals surface area contributed by atoms with Gasteiger partial charge >= 0.3 is 5.97 Å². The lowest BCUT2D eigenvalue weighted by atomic mass is 9.83. The summed E-state index contributed by atoms with van der Waals surface area (Å²) in [5, 5.41) is 10.9. The van der Waals surface area contributed by atoms with Crippen molar-refractivity contribution in [3.63, 3.8) is 0 Å². The van der Waals surface area contributed by atoms with Gasteiger partial charge in [-0.3, -0.25) is 4.79 Å². The maximum absolute atomic E-state index is 12.2. The van der Waals surface area contributed by atoms with Crippen molar-refractivity contribution in [2.24, 2.45) is 5.92 Å². The fourth-order valence-corrected chi connectivity index (χ4v) is 3.56. The van der Waals surface area contributed by atoms with Crippen molar-refractivity contribution in [1.29, 1.82) is 0 Å². The highest BCUT2D eigenvalue weighted by molar-refractivity contribution is 7.99. The molecule has 1 aliphatic rings. The Balaban J connectivity index is 2.30. The van der Waals surface area contributed by atoms with Gasteiger partial charge in [0.2, 0.25) is 0 Å². The highest BCUT2D eigenvalue weighted by Gasteiger charge is 2.47. The third kappa shape index (κ3) is 3.78. The molecule has 2 atom stereocenters. The Hall–Kier alpha value is -1.59. The molecule has 5 heteroatoms. The van der Waals surface area contributed by atoms with E-state index in [2.05, 4.69) is 0 Å². The molecule has 1 aliphatic heterocycles. The van der Waals surface area contributed by atoms with Gasteiger partial charge in [-0.2, -0.15) is 11.8 Å². The normalized spacial score (nSPS) is 21.5. The van der Waals surface area contributed by atoms with Crippen LogP contribution in [-0.2, 0) is 14.3 Å². The number of carbonyl (C=O) groups is 2. The molecule has 0 saturated carbocycles. The van der Waals surface area contributed by atoms with Crippen molar-refractivity contribution < 1.29 is 19.4 Å². The van der Waals surface area contributed by atoms with Crippen LogP contribution < -0.4 is 0 Å². The van der Waals surface area contributed by atoms with Crippen molar-refractivity contribution in [2.45, 2.75) is 18.9 Å². The number of ketones is 1. The maximum Gasteiger partial charge on any atom is 0.342 e. The summed E-state index contributed by atoms with van der Waals surface area (Å²) in [6, 6.07) is 9.34. The van der Waals surface area contributed by atoms with Crippen molar-refractivity contribution in [1.82, 2.24) is 0 Å². The Labute approximate surface area is 134 Å². The first-order chi connectivity index (χ1) is 10.6. The Morgan fingerprint density at radius 1 is 1.45 bits per heavy atom. The topological polar surface area (TPSA) is 63.6 Å². The van der Waals surface area contributed by atoms with Gasteiger partial charge in [0.05, 0.1) is 12.5 Å². The van der Waals surface area contributed by atoms with Crippen LogP contribution in [0.2, 0.25) is 0 Å². The zero-order valence-corrected chi connectivity index (χ0v) is 13.3. The van der Waals surface area contributed by atoms with Crippen molar-refractivity contribution >= 4 is 29.6 Å². The smallest absolute Gasteiger partial charge is 0.342 e. The van der Waals surface area contributed by atoms with Crippen LogP contribution in [0.5, 0.6) is 0 Å². The molecule has 1 heterocycles. The Bertz CT molecular complexity index is 555. The van der Waals surface area contributed by atoms with E-state index in [4.69, 9.17) is 4.74 Å². The van der Waals surface area contributed by atoms with Gasteiger partial charge in [-0.25, -0.2) is 4.79 Å². The summed E-state index contributed by atoms with van der Waals surface area (Å²) in [4.78, 5) is 24.4. The van der Waals surface area contributed by atoms with E-state index in [0.29, 0.717) is 12.2 Å². The molecule has 2 rings (SSSR count). The zero-order chi connectivity index (χ0) is 16.0. The highest BCUT2D eigenvalue weighted by atomic mass is 32.2. The van der Waals surface area contributed by atoms with Gasteiger partial charge in [-0.1, -0.05) is 36.4 Å². The number of benzene rings is 1. The fraction of sp³-hybridized carbons (Fsp3) is 0.412. The minimum absolute atomic E-state index is 0.0907. The number of Topliss-reactive ketones (excluding diaryl/α,β-unsaturated/α-hetero) is 1. The lowest BCUT2D eigenvalue weighted by Gasteiger charge is -2.32. The molecule has 0 unspecified atom stereocenters. The van der Waals surface area contributed by atoms with Crippen LogP contribution >= 0.6 is 11.8 Å². The molecule has 4 nitrogen and oxygen atoms in total. The third-order valence-corrected chi connectivity index (χ3v) is 4.69. The molecule has 1 saturated heterocycles. The molecule has 0 spiro atoms. The molecule has 0 bridgehead atoms. The van der Waals surface area contributed by atoms with E-state index in [1.807, 2.05) is 30.3 Å². The number of ether oxygens (including phenoxy) is 1. The first-order valence-corrected chi connectivity index (χ1v) is 8.47. The zero-order valence-electron chi connectivity index (χ0n) is 12.5. The molecular formula is C17H20O4S. The monoisotopic (exact) mass is 320 g/mol. The van der Waals surface area contributed by atoms with E-state index >= 15 is 0 Å². The van der Waals surface area contributed by atoms with E-state index in [9.17, 15) is 14.7 Å². The van der Waals surface area contributed by atoms with Gasteiger partial charge in [0.1, 0.15) is 5.78 Å². The Kier molecular flexibility index (Phi) is 5.80. The number of hydrogen-bond donors (Lipinski definition) is 1. The molecule has 0 aliphatic carbocycles. The molecule has 1 aromatic rings. The van der Waals surface area contributed by atoms with Crippen molar-refractivity contribution in [3.8, 4) is 0 Å². The van der Waals surface area contributed by atoms with Gasteiger partial charge in [-0.15, -0.1) is 0 Å². The number of aliphatic hydroxyl groups is 1. The summed E-state index contributed by atoms with van der Waals surface area (Å²) in [7, 11) is 0. The van der Waals surface area contributed by atoms with Gasteiger partial charge in [-0.05, 0) is 18.6 Å². The summed E-state index contributed by atoms with van der Waals surface area (Å²) >= 11 is 1.57. The number of hydrogen-bond acceptors (Lipinski definition) is 5. The molecule has 1 aromatic carbocycles. The minimum Gasteiger partial charge on any atom is -0.464 e. The fourth-order valence-electron chi connectivity index (χ4n) is 2.37. The van der Waals surface area contributed by atoms with Crippen molar-refractivity contribution in [3.05, 3.63) is 42.0 Å². The van der Waals surface area contributed by atoms with Crippen LogP contribution in [0.3, 0.4) is 0 Å². The number of carbonyl (C=O) groups excluding carboxylic acids is 2. The molecule has 1 N–H and O–H groups in total. The van der Waals surface area contributed by atoms with Crippen molar-refractivity contribution in [2.75, 3.05) is 18.1 Å². The molecule has 118 valence electrons. The molecule has 0 amide bonds. The highest BCUT2D eigenvalue weighted by Crippen LogP contribution is 2.31. The largest absolute Gasteiger partial charge is 0.464 e. The molecule has 0 aromatic heterocycles. The average Bonchev–Trinajstić information content (AvgIpc) is 2.54. The van der Waals surface area contributed by atoms with Gasteiger partial charge < -0.3 is 9.84 Å². The molecule has 1 fully saturated rings. The minimum atomic E-state index is -1.91. The van der Waals surface area contributed by atoms with Gasteiger partial charge in [0.25, 0.3) is 0 Å². The molecule has 0 radical (unpaired) electrons. The molecule has 22 heavy (non-hydrogen) atoms. The van der Waals surface area contributed by atoms with E-state index in [0.717, 1.165) is 11.3 Å². The van der Waals surface area contributed by atoms with E-state index in [-0.39, 0.29) is 12.4 Å². The number of rotatable bonds is 5. The predicted molar refractivity (Wildman–Crippen MR) is 87.5 cm³/mol. The van der Waals surface area contributed by atoms with E-state index < -0.39 is 17.5 Å². The van der Waals surface area contributed by atoms with Crippen LogP contribution in [0.1, 0.15) is 18.9 Å². The second-order valence-electron chi connectivity index (χ2n) is 5.13. The Morgan fingerprint density at radius 2 is 2.18 bits per heavy atom. The maximum atomic E-state index is 12.2. The second kappa shape index (κ2) is 7.61. The summed E-state index contributed by atoms with van der Waals surface area (Å²) in [5.41, 5.74) is -1.06. The van der Waals surface area contributed by atoms with Crippen LogP contribution in [0.15, 0.2) is 36.4 Å². The quantitative estimate of drug-likeness (QED) is 0.844. The lowest BCUT2D eigenvalue weighted by molar-refractivity contribution is -0.166. The summed E-state index contributed by atoms with van der Waals surface area (Å²) in [6.07, 6.45) is 3.43. The van der Waals surface area contributed by atoms with Crippen LogP contribution in [0.25, 0.3) is 6.08 Å².